The van der Waals surface area contributed by atoms with Gasteiger partial charge in [0.15, 0.2) is 0 Å². The molecule has 0 aromatic heterocycles. The van der Waals surface area contributed by atoms with Gasteiger partial charge in [0.1, 0.15) is 6.61 Å². The molecule has 1 saturated carbocycles. The topological polar surface area (TPSA) is 46.6 Å². The highest BCUT2D eigenvalue weighted by molar-refractivity contribution is 6.30. The lowest BCUT2D eigenvalue weighted by molar-refractivity contribution is -0.131. The standard InChI is InChI=1S/C17H20ClNO3/c1-10(2)14-9-22-17(21)19(14)16(20)15(11-3-4-11)12-5-7-13(18)8-6-12/h5-8,10-11,14-15H,3-4,9H2,1-2H3/t14-,15+/m1/s1. The van der Waals surface area contributed by atoms with Crippen LogP contribution in [0.3, 0.4) is 0 Å². The SMILES string of the molecule is CC(C)[C@H]1COC(=O)N1C(=O)[C@H](c1ccc(Cl)cc1)C1CC1. The second kappa shape index (κ2) is 5.92. The van der Waals surface area contributed by atoms with E-state index in [1.54, 1.807) is 12.1 Å². The number of carbonyl (C=O) groups is 2. The Hall–Kier alpha value is -1.55. The molecule has 2 aliphatic rings. The average molecular weight is 322 g/mol. The molecule has 1 aromatic rings. The summed E-state index contributed by atoms with van der Waals surface area (Å²) in [7, 11) is 0. The summed E-state index contributed by atoms with van der Waals surface area (Å²) in [6.45, 7) is 4.29. The van der Waals surface area contributed by atoms with E-state index in [1.807, 2.05) is 26.0 Å². The Morgan fingerprint density at radius 3 is 2.45 bits per heavy atom. The molecule has 5 heteroatoms. The van der Waals surface area contributed by atoms with Crippen molar-refractivity contribution in [1.29, 1.82) is 0 Å². The van der Waals surface area contributed by atoms with Crippen molar-refractivity contribution in [3.8, 4) is 0 Å². The van der Waals surface area contributed by atoms with Crippen LogP contribution in [0.5, 0.6) is 0 Å². The van der Waals surface area contributed by atoms with Crippen molar-refractivity contribution in [2.24, 2.45) is 11.8 Å². The Morgan fingerprint density at radius 2 is 1.91 bits per heavy atom. The van der Waals surface area contributed by atoms with Gasteiger partial charge in [-0.1, -0.05) is 37.6 Å². The first-order valence-electron chi connectivity index (χ1n) is 7.74. The minimum Gasteiger partial charge on any atom is -0.447 e. The molecule has 2 amide bonds. The number of cyclic esters (lactones) is 1. The van der Waals surface area contributed by atoms with E-state index in [-0.39, 0.29) is 23.8 Å². The van der Waals surface area contributed by atoms with Gasteiger partial charge in [0, 0.05) is 5.02 Å². The van der Waals surface area contributed by atoms with Crippen LogP contribution in [0.2, 0.25) is 5.02 Å². The summed E-state index contributed by atoms with van der Waals surface area (Å²) in [6, 6.07) is 7.18. The van der Waals surface area contributed by atoms with E-state index in [0.29, 0.717) is 17.5 Å². The largest absolute Gasteiger partial charge is 0.447 e. The van der Waals surface area contributed by atoms with Crippen molar-refractivity contribution in [2.75, 3.05) is 6.61 Å². The number of nitrogens with zero attached hydrogens (tertiary/aromatic N) is 1. The summed E-state index contributed by atoms with van der Waals surface area (Å²) in [5.74, 6) is 0.0885. The minimum atomic E-state index is -0.511. The Labute approximate surface area is 135 Å². The van der Waals surface area contributed by atoms with Gasteiger partial charge in [0.05, 0.1) is 12.0 Å². The van der Waals surface area contributed by atoms with Crippen LogP contribution in [-0.2, 0) is 9.53 Å². The smallest absolute Gasteiger partial charge is 0.417 e. The number of halogens is 1. The van der Waals surface area contributed by atoms with Crippen LogP contribution in [-0.4, -0.2) is 29.5 Å². The van der Waals surface area contributed by atoms with Gasteiger partial charge in [-0.15, -0.1) is 0 Å². The maximum Gasteiger partial charge on any atom is 0.417 e. The van der Waals surface area contributed by atoms with E-state index in [9.17, 15) is 9.59 Å². The van der Waals surface area contributed by atoms with Crippen LogP contribution >= 0.6 is 11.6 Å². The second-order valence-corrected chi connectivity index (χ2v) is 6.90. The van der Waals surface area contributed by atoms with Gasteiger partial charge in [0.25, 0.3) is 0 Å². The van der Waals surface area contributed by atoms with Crippen molar-refractivity contribution in [2.45, 2.75) is 38.6 Å². The minimum absolute atomic E-state index is 0.133. The first-order chi connectivity index (χ1) is 10.5. The molecule has 0 N–H and O–H groups in total. The van der Waals surface area contributed by atoms with Crippen LogP contribution in [0.15, 0.2) is 24.3 Å². The normalized spacial score (nSPS) is 22.8. The molecule has 0 unspecified atom stereocenters. The summed E-state index contributed by atoms with van der Waals surface area (Å²) < 4.78 is 5.11. The van der Waals surface area contributed by atoms with Crippen molar-refractivity contribution in [3.63, 3.8) is 0 Å². The first kappa shape index (κ1) is 15.3. The van der Waals surface area contributed by atoms with Gasteiger partial charge in [-0.05, 0) is 42.4 Å². The van der Waals surface area contributed by atoms with Crippen LogP contribution in [0.4, 0.5) is 4.79 Å². The van der Waals surface area contributed by atoms with Gasteiger partial charge in [-0.3, -0.25) is 4.79 Å². The maximum absolute atomic E-state index is 13.0. The zero-order chi connectivity index (χ0) is 15.9. The molecule has 0 bridgehead atoms. The predicted octanol–water partition coefficient (Wildman–Crippen LogP) is 3.84. The molecule has 118 valence electrons. The van der Waals surface area contributed by atoms with Gasteiger partial charge in [-0.25, -0.2) is 9.69 Å². The van der Waals surface area contributed by atoms with E-state index in [0.717, 1.165) is 18.4 Å². The van der Waals surface area contributed by atoms with Crippen LogP contribution in [0, 0.1) is 11.8 Å². The lowest BCUT2D eigenvalue weighted by Crippen LogP contribution is -2.44. The summed E-state index contributed by atoms with van der Waals surface area (Å²) in [4.78, 5) is 26.4. The monoisotopic (exact) mass is 321 g/mol. The number of amides is 2. The fraction of sp³-hybridized carbons (Fsp3) is 0.529. The lowest BCUT2D eigenvalue weighted by atomic mass is 9.91. The third-order valence-corrected chi connectivity index (χ3v) is 4.75. The predicted molar refractivity (Wildman–Crippen MR) is 83.7 cm³/mol. The second-order valence-electron chi connectivity index (χ2n) is 6.46. The molecular weight excluding hydrogens is 302 g/mol. The zero-order valence-corrected chi connectivity index (χ0v) is 13.5. The molecule has 2 atom stereocenters. The summed E-state index contributed by atoms with van der Waals surface area (Å²) >= 11 is 5.94. The summed E-state index contributed by atoms with van der Waals surface area (Å²) in [5.41, 5.74) is 0.930. The Morgan fingerprint density at radius 1 is 1.27 bits per heavy atom. The van der Waals surface area contributed by atoms with E-state index >= 15 is 0 Å². The van der Waals surface area contributed by atoms with Crippen LogP contribution < -0.4 is 0 Å². The third-order valence-electron chi connectivity index (χ3n) is 4.50. The van der Waals surface area contributed by atoms with Crippen LogP contribution in [0.25, 0.3) is 0 Å². The fourth-order valence-corrected chi connectivity index (χ4v) is 3.17. The van der Waals surface area contributed by atoms with Crippen molar-refractivity contribution >= 4 is 23.6 Å². The average Bonchev–Trinajstić information content (AvgIpc) is 3.22. The van der Waals surface area contributed by atoms with E-state index < -0.39 is 6.09 Å². The fourth-order valence-electron chi connectivity index (χ4n) is 3.05. The third kappa shape index (κ3) is 2.84. The van der Waals surface area contributed by atoms with Gasteiger partial charge in [-0.2, -0.15) is 0 Å². The molecule has 3 rings (SSSR count). The number of imide groups is 1. The number of rotatable bonds is 4. The molecule has 1 aliphatic heterocycles. The molecule has 0 spiro atoms. The number of benzene rings is 1. The van der Waals surface area contributed by atoms with Crippen molar-refractivity contribution in [3.05, 3.63) is 34.9 Å². The highest BCUT2D eigenvalue weighted by Crippen LogP contribution is 2.44. The molecule has 2 fully saturated rings. The Kier molecular flexibility index (Phi) is 4.13. The van der Waals surface area contributed by atoms with Gasteiger partial charge >= 0.3 is 6.09 Å². The summed E-state index contributed by atoms with van der Waals surface area (Å²) in [6.07, 6.45) is 1.53. The van der Waals surface area contributed by atoms with Crippen molar-refractivity contribution in [1.82, 2.24) is 4.90 Å². The quantitative estimate of drug-likeness (QED) is 0.846. The molecule has 1 aromatic carbocycles. The van der Waals surface area contributed by atoms with Crippen LogP contribution in [0.1, 0.15) is 38.2 Å². The van der Waals surface area contributed by atoms with Gasteiger partial charge < -0.3 is 4.74 Å². The van der Waals surface area contributed by atoms with E-state index in [4.69, 9.17) is 16.3 Å². The molecular formula is C17H20ClNO3. The van der Waals surface area contributed by atoms with E-state index in [1.165, 1.54) is 4.90 Å². The maximum atomic E-state index is 13.0. The van der Waals surface area contributed by atoms with Crippen molar-refractivity contribution < 1.29 is 14.3 Å². The number of hydrogen-bond donors (Lipinski definition) is 0. The highest BCUT2D eigenvalue weighted by atomic mass is 35.5. The summed E-state index contributed by atoms with van der Waals surface area (Å²) in [5, 5.41) is 0.645. The number of hydrogen-bond acceptors (Lipinski definition) is 3. The number of ether oxygens (including phenoxy) is 1. The molecule has 1 heterocycles. The Bertz CT molecular complexity index is 580. The van der Waals surface area contributed by atoms with E-state index in [2.05, 4.69) is 0 Å². The van der Waals surface area contributed by atoms with Gasteiger partial charge in [0.2, 0.25) is 5.91 Å². The molecule has 1 aliphatic carbocycles. The molecule has 4 nitrogen and oxygen atoms in total. The molecule has 22 heavy (non-hydrogen) atoms. The lowest BCUT2D eigenvalue weighted by Gasteiger charge is -2.27. The highest BCUT2D eigenvalue weighted by Gasteiger charge is 2.46. The molecule has 0 radical (unpaired) electrons. The first-order valence-corrected chi connectivity index (χ1v) is 8.12. The zero-order valence-electron chi connectivity index (χ0n) is 12.8. The Balaban J connectivity index is 1.89. The number of carbonyl (C=O) groups excluding carboxylic acids is 2. The molecule has 1 saturated heterocycles.